The van der Waals surface area contributed by atoms with E-state index in [9.17, 15) is 5.11 Å². The van der Waals surface area contributed by atoms with Crippen molar-refractivity contribution in [1.29, 1.82) is 0 Å². The van der Waals surface area contributed by atoms with E-state index in [1.54, 1.807) is 0 Å². The van der Waals surface area contributed by atoms with Crippen molar-refractivity contribution in [3.8, 4) is 11.5 Å². The molecule has 0 aromatic heterocycles. The molecule has 2 rings (SSSR count). The lowest BCUT2D eigenvalue weighted by Crippen LogP contribution is -2.23. The van der Waals surface area contributed by atoms with Crippen molar-refractivity contribution in [1.82, 2.24) is 0 Å². The first kappa shape index (κ1) is 14.2. The Kier molecular flexibility index (Phi) is 5.08. The van der Waals surface area contributed by atoms with Gasteiger partial charge in [-0.15, -0.1) is 0 Å². The molecule has 0 unspecified atom stereocenters. The lowest BCUT2D eigenvalue weighted by Gasteiger charge is -2.28. The predicted molar refractivity (Wildman–Crippen MR) is 75.6 cm³/mol. The molecule has 1 aromatic carbocycles. The van der Waals surface area contributed by atoms with Crippen molar-refractivity contribution in [2.45, 2.75) is 52.2 Å². The highest BCUT2D eigenvalue weighted by atomic mass is 16.5. The molecule has 1 N–H and O–H groups in total. The Labute approximate surface area is 115 Å². The summed E-state index contributed by atoms with van der Waals surface area (Å²) in [6.07, 6.45) is 4.87. The zero-order chi connectivity index (χ0) is 13.7. The number of hydrogen-bond acceptors (Lipinski definition) is 3. The van der Waals surface area contributed by atoms with Crippen LogP contribution in [0.5, 0.6) is 11.5 Å². The first-order valence-electron chi connectivity index (χ1n) is 7.26. The van der Waals surface area contributed by atoms with E-state index in [0.29, 0.717) is 6.61 Å². The van der Waals surface area contributed by atoms with Gasteiger partial charge < -0.3 is 14.6 Å². The van der Waals surface area contributed by atoms with Crippen molar-refractivity contribution in [2.24, 2.45) is 5.92 Å². The predicted octanol–water partition coefficient (Wildman–Crippen LogP) is 3.54. The number of hydrogen-bond donors (Lipinski definition) is 1. The normalized spacial score (nSPS) is 23.1. The lowest BCUT2D eigenvalue weighted by atomic mass is 9.89. The van der Waals surface area contributed by atoms with Crippen molar-refractivity contribution in [2.75, 3.05) is 6.61 Å². The van der Waals surface area contributed by atoms with Gasteiger partial charge in [-0.2, -0.15) is 0 Å². The number of rotatable bonds is 5. The van der Waals surface area contributed by atoms with E-state index >= 15 is 0 Å². The van der Waals surface area contributed by atoms with Crippen LogP contribution in [-0.4, -0.2) is 17.8 Å². The summed E-state index contributed by atoms with van der Waals surface area (Å²) in [5.74, 6) is 2.28. The molecule has 0 radical (unpaired) electrons. The molecule has 1 saturated carbocycles. The number of para-hydroxylation sites is 1. The van der Waals surface area contributed by atoms with Gasteiger partial charge >= 0.3 is 0 Å². The van der Waals surface area contributed by atoms with Gasteiger partial charge in [0.1, 0.15) is 0 Å². The van der Waals surface area contributed by atoms with Crippen molar-refractivity contribution >= 4 is 0 Å². The third-order valence-corrected chi connectivity index (χ3v) is 3.78. The third-order valence-electron chi connectivity index (χ3n) is 3.78. The van der Waals surface area contributed by atoms with Crippen LogP contribution in [0.1, 0.15) is 45.1 Å². The van der Waals surface area contributed by atoms with Crippen LogP contribution in [0.3, 0.4) is 0 Å². The molecule has 0 amide bonds. The van der Waals surface area contributed by atoms with Crippen LogP contribution in [-0.2, 0) is 6.61 Å². The standard InChI is InChI=1S/C16H24O3/c1-3-18-15-6-4-5-13(11-17)16(15)19-14-9-7-12(2)8-10-14/h4-6,12,14,17H,3,7-11H2,1-2H3. The minimum atomic E-state index is -0.0145. The van der Waals surface area contributed by atoms with Gasteiger partial charge in [0, 0.05) is 5.56 Å². The van der Waals surface area contributed by atoms with Crippen molar-refractivity contribution in [3.63, 3.8) is 0 Å². The van der Waals surface area contributed by atoms with Gasteiger partial charge in [0.05, 0.1) is 19.3 Å². The monoisotopic (exact) mass is 264 g/mol. The molecule has 0 spiro atoms. The molecule has 1 aliphatic rings. The maximum Gasteiger partial charge on any atom is 0.167 e. The Morgan fingerprint density at radius 1 is 1.21 bits per heavy atom. The Hall–Kier alpha value is -1.22. The summed E-state index contributed by atoms with van der Waals surface area (Å²) in [5, 5.41) is 9.45. The van der Waals surface area contributed by atoms with Gasteiger partial charge in [0.25, 0.3) is 0 Å². The minimum Gasteiger partial charge on any atom is -0.490 e. The molecular weight excluding hydrogens is 240 g/mol. The summed E-state index contributed by atoms with van der Waals surface area (Å²) in [7, 11) is 0. The van der Waals surface area contributed by atoms with Crippen LogP contribution < -0.4 is 9.47 Å². The fourth-order valence-corrected chi connectivity index (χ4v) is 2.60. The molecule has 0 saturated heterocycles. The topological polar surface area (TPSA) is 38.7 Å². The Bertz CT molecular complexity index is 395. The smallest absolute Gasteiger partial charge is 0.167 e. The Morgan fingerprint density at radius 3 is 2.58 bits per heavy atom. The van der Waals surface area contributed by atoms with Gasteiger partial charge in [-0.1, -0.05) is 19.1 Å². The molecular formula is C16H24O3. The van der Waals surface area contributed by atoms with E-state index in [1.165, 1.54) is 12.8 Å². The highest BCUT2D eigenvalue weighted by Crippen LogP contribution is 2.35. The second kappa shape index (κ2) is 6.80. The highest BCUT2D eigenvalue weighted by Gasteiger charge is 2.22. The van der Waals surface area contributed by atoms with Crippen molar-refractivity contribution in [3.05, 3.63) is 23.8 Å². The Morgan fingerprint density at radius 2 is 1.95 bits per heavy atom. The van der Waals surface area contributed by atoms with Crippen LogP contribution in [0.25, 0.3) is 0 Å². The second-order valence-corrected chi connectivity index (χ2v) is 5.34. The summed E-state index contributed by atoms with van der Waals surface area (Å²) < 4.78 is 11.7. The van der Waals surface area contributed by atoms with E-state index in [1.807, 2.05) is 25.1 Å². The first-order valence-corrected chi connectivity index (χ1v) is 7.26. The highest BCUT2D eigenvalue weighted by molar-refractivity contribution is 5.46. The van der Waals surface area contributed by atoms with Gasteiger partial charge in [0.15, 0.2) is 11.5 Å². The van der Waals surface area contributed by atoms with Gasteiger partial charge in [-0.3, -0.25) is 0 Å². The van der Waals surface area contributed by atoms with E-state index in [4.69, 9.17) is 9.47 Å². The second-order valence-electron chi connectivity index (χ2n) is 5.34. The number of aliphatic hydroxyl groups excluding tert-OH is 1. The molecule has 19 heavy (non-hydrogen) atoms. The number of ether oxygens (including phenoxy) is 2. The molecule has 1 aliphatic carbocycles. The summed E-state index contributed by atoms with van der Waals surface area (Å²) in [5.41, 5.74) is 0.810. The molecule has 0 aliphatic heterocycles. The van der Waals surface area contributed by atoms with E-state index < -0.39 is 0 Å². The van der Waals surface area contributed by atoms with Crippen LogP contribution in [0, 0.1) is 5.92 Å². The fourth-order valence-electron chi connectivity index (χ4n) is 2.60. The zero-order valence-electron chi connectivity index (χ0n) is 11.9. The summed E-state index contributed by atoms with van der Waals surface area (Å²) in [6, 6.07) is 5.69. The molecule has 1 fully saturated rings. The molecule has 3 heteroatoms. The molecule has 0 atom stereocenters. The van der Waals surface area contributed by atoms with Gasteiger partial charge in [-0.25, -0.2) is 0 Å². The maximum atomic E-state index is 9.45. The zero-order valence-corrected chi connectivity index (χ0v) is 11.9. The average Bonchev–Trinajstić information content (AvgIpc) is 2.43. The first-order chi connectivity index (χ1) is 9.24. The molecule has 0 heterocycles. The minimum absolute atomic E-state index is 0.0145. The molecule has 106 valence electrons. The van der Waals surface area contributed by atoms with Crippen LogP contribution in [0.4, 0.5) is 0 Å². The van der Waals surface area contributed by atoms with E-state index in [-0.39, 0.29) is 12.7 Å². The maximum absolute atomic E-state index is 9.45. The molecule has 1 aromatic rings. The summed E-state index contributed by atoms with van der Waals surface area (Å²) in [4.78, 5) is 0. The van der Waals surface area contributed by atoms with Crippen LogP contribution >= 0.6 is 0 Å². The number of benzene rings is 1. The van der Waals surface area contributed by atoms with Gasteiger partial charge in [-0.05, 0) is 44.6 Å². The Balaban J connectivity index is 2.12. The molecule has 3 nitrogen and oxygen atoms in total. The largest absolute Gasteiger partial charge is 0.490 e. The van der Waals surface area contributed by atoms with Crippen LogP contribution in [0.15, 0.2) is 18.2 Å². The lowest BCUT2D eigenvalue weighted by molar-refractivity contribution is 0.126. The van der Waals surface area contributed by atoms with E-state index in [2.05, 4.69) is 6.92 Å². The molecule has 0 bridgehead atoms. The number of aliphatic hydroxyl groups is 1. The SMILES string of the molecule is CCOc1cccc(CO)c1OC1CCC(C)CC1. The van der Waals surface area contributed by atoms with Gasteiger partial charge in [0.2, 0.25) is 0 Å². The third kappa shape index (κ3) is 3.63. The summed E-state index contributed by atoms with van der Waals surface area (Å²) in [6.45, 7) is 4.84. The quantitative estimate of drug-likeness (QED) is 0.884. The summed E-state index contributed by atoms with van der Waals surface area (Å²) >= 11 is 0. The van der Waals surface area contributed by atoms with Crippen LogP contribution in [0.2, 0.25) is 0 Å². The van der Waals surface area contributed by atoms with E-state index in [0.717, 1.165) is 35.8 Å². The fraction of sp³-hybridized carbons (Fsp3) is 0.625. The van der Waals surface area contributed by atoms with Crippen molar-refractivity contribution < 1.29 is 14.6 Å². The average molecular weight is 264 g/mol.